The van der Waals surface area contributed by atoms with Crippen molar-refractivity contribution in [3.63, 3.8) is 0 Å². The summed E-state index contributed by atoms with van der Waals surface area (Å²) in [6, 6.07) is 14.8. The highest BCUT2D eigenvalue weighted by molar-refractivity contribution is 5.99. The Kier molecular flexibility index (Phi) is 5.66. The number of aromatic nitrogens is 6. The molecule has 0 atom stereocenters. The van der Waals surface area contributed by atoms with E-state index >= 15 is 0 Å². The average molecular weight is 504 g/mol. The summed E-state index contributed by atoms with van der Waals surface area (Å²) in [5, 5.41) is 12.9. The van der Waals surface area contributed by atoms with Crippen LogP contribution in [0.2, 0.25) is 0 Å². The van der Waals surface area contributed by atoms with Gasteiger partial charge in [0.2, 0.25) is 0 Å². The monoisotopic (exact) mass is 503 g/mol. The number of hydrogen-bond acceptors (Lipinski definition) is 5. The van der Waals surface area contributed by atoms with Crippen LogP contribution in [-0.2, 0) is 6.42 Å². The highest BCUT2D eigenvalue weighted by atomic mass is 19.1. The van der Waals surface area contributed by atoms with E-state index in [0.717, 1.165) is 69.6 Å². The molecular formula is C30H26FN7. The van der Waals surface area contributed by atoms with Gasteiger partial charge in [0.05, 0.1) is 17.1 Å². The smallest absolute Gasteiger partial charge is 0.181 e. The Labute approximate surface area is 218 Å². The van der Waals surface area contributed by atoms with E-state index < -0.39 is 0 Å². The number of nitrogens with zero attached hydrogens (tertiary/aromatic N) is 4. The molecule has 7 nitrogen and oxygen atoms in total. The number of H-pyrrole nitrogens is 2. The van der Waals surface area contributed by atoms with Gasteiger partial charge in [-0.15, -0.1) is 0 Å². The molecule has 1 aromatic carbocycles. The fraction of sp³-hybridized carbons (Fsp3) is 0.200. The second-order valence-electron chi connectivity index (χ2n) is 9.99. The van der Waals surface area contributed by atoms with Gasteiger partial charge in [0.1, 0.15) is 5.82 Å². The molecule has 188 valence electrons. The van der Waals surface area contributed by atoms with Crippen molar-refractivity contribution in [3.8, 4) is 33.8 Å². The van der Waals surface area contributed by atoms with Crippen LogP contribution in [0.15, 0.2) is 73.3 Å². The first kappa shape index (κ1) is 22.7. The third-order valence-corrected chi connectivity index (χ3v) is 7.44. The van der Waals surface area contributed by atoms with Gasteiger partial charge in [0, 0.05) is 57.8 Å². The molecule has 8 heteroatoms. The Hall–Kier alpha value is -4.43. The second-order valence-corrected chi connectivity index (χ2v) is 9.99. The number of benzene rings is 1. The largest absolute Gasteiger partial charge is 0.353 e. The molecule has 7 rings (SSSR count). The van der Waals surface area contributed by atoms with Crippen molar-refractivity contribution >= 4 is 21.9 Å². The van der Waals surface area contributed by atoms with Gasteiger partial charge in [0.15, 0.2) is 5.65 Å². The molecule has 0 amide bonds. The lowest BCUT2D eigenvalue weighted by atomic mass is 9.91. The summed E-state index contributed by atoms with van der Waals surface area (Å²) in [6.07, 6.45) is 10.9. The first-order valence-electron chi connectivity index (χ1n) is 12.9. The lowest BCUT2D eigenvalue weighted by molar-refractivity contribution is 0.372. The van der Waals surface area contributed by atoms with Crippen LogP contribution in [0.25, 0.3) is 55.7 Å². The predicted octanol–water partition coefficient (Wildman–Crippen LogP) is 5.91. The molecule has 0 aliphatic carbocycles. The van der Waals surface area contributed by atoms with Crippen LogP contribution in [0, 0.1) is 11.7 Å². The normalized spacial score (nSPS) is 14.4. The average Bonchev–Trinajstić information content (AvgIpc) is 3.57. The van der Waals surface area contributed by atoms with Crippen LogP contribution in [0.1, 0.15) is 18.4 Å². The van der Waals surface area contributed by atoms with E-state index in [9.17, 15) is 4.39 Å². The van der Waals surface area contributed by atoms with E-state index in [1.54, 1.807) is 12.3 Å². The number of rotatable bonds is 5. The summed E-state index contributed by atoms with van der Waals surface area (Å²) in [7, 11) is 0. The van der Waals surface area contributed by atoms with Crippen LogP contribution >= 0.6 is 0 Å². The predicted molar refractivity (Wildman–Crippen MR) is 147 cm³/mol. The molecule has 0 bridgehead atoms. The van der Waals surface area contributed by atoms with Gasteiger partial charge >= 0.3 is 0 Å². The fourth-order valence-corrected chi connectivity index (χ4v) is 5.49. The Morgan fingerprint density at radius 2 is 1.76 bits per heavy atom. The molecular weight excluding hydrogens is 477 g/mol. The molecule has 0 saturated carbocycles. The molecule has 1 fully saturated rings. The van der Waals surface area contributed by atoms with E-state index in [-0.39, 0.29) is 5.82 Å². The zero-order valence-electron chi connectivity index (χ0n) is 20.7. The van der Waals surface area contributed by atoms with Crippen molar-refractivity contribution in [2.45, 2.75) is 19.3 Å². The highest BCUT2D eigenvalue weighted by Gasteiger charge is 2.17. The zero-order chi connectivity index (χ0) is 25.5. The van der Waals surface area contributed by atoms with Crippen molar-refractivity contribution in [1.82, 2.24) is 35.5 Å². The number of aromatic amines is 2. The van der Waals surface area contributed by atoms with Crippen LogP contribution in [0.3, 0.4) is 0 Å². The molecule has 0 radical (unpaired) electrons. The summed E-state index contributed by atoms with van der Waals surface area (Å²) in [5.74, 6) is 0.410. The third-order valence-electron chi connectivity index (χ3n) is 7.44. The van der Waals surface area contributed by atoms with E-state index in [2.05, 4.69) is 47.6 Å². The Morgan fingerprint density at radius 3 is 2.66 bits per heavy atom. The maximum Gasteiger partial charge on any atom is 0.181 e. The van der Waals surface area contributed by atoms with Crippen molar-refractivity contribution in [2.24, 2.45) is 5.92 Å². The van der Waals surface area contributed by atoms with Crippen LogP contribution in [0.4, 0.5) is 4.39 Å². The fourth-order valence-electron chi connectivity index (χ4n) is 5.49. The molecule has 1 saturated heterocycles. The lowest BCUT2D eigenvalue weighted by Crippen LogP contribution is -2.28. The standard InChI is InChI=1S/C30H26FN7/c31-23-3-1-2-20(12-23)28-24-14-27(36-26(24)6-9-34-28)29-25-13-22(17-35-30(25)38-37-29)21-11-19(15-33-16-21)10-18-4-7-32-8-5-18/h1-3,6,9,11-18,32,36H,4-5,7-8,10H2,(H,35,37,38). The van der Waals surface area contributed by atoms with Gasteiger partial charge in [-0.05, 0) is 80.2 Å². The summed E-state index contributed by atoms with van der Waals surface area (Å²) < 4.78 is 13.9. The Morgan fingerprint density at radius 1 is 0.868 bits per heavy atom. The molecule has 0 spiro atoms. The quantitative estimate of drug-likeness (QED) is 0.272. The number of hydrogen-bond donors (Lipinski definition) is 3. The van der Waals surface area contributed by atoms with Crippen LogP contribution in [-0.4, -0.2) is 43.2 Å². The van der Waals surface area contributed by atoms with Gasteiger partial charge in [-0.25, -0.2) is 9.37 Å². The molecule has 6 aromatic rings. The van der Waals surface area contributed by atoms with Gasteiger partial charge in [-0.1, -0.05) is 12.1 Å². The van der Waals surface area contributed by atoms with Crippen LogP contribution < -0.4 is 5.32 Å². The second kappa shape index (κ2) is 9.46. The van der Waals surface area contributed by atoms with E-state index in [1.165, 1.54) is 30.5 Å². The van der Waals surface area contributed by atoms with Crippen molar-refractivity contribution in [1.29, 1.82) is 0 Å². The summed E-state index contributed by atoms with van der Waals surface area (Å²) in [4.78, 5) is 17.2. The molecule has 3 N–H and O–H groups in total. The van der Waals surface area contributed by atoms with E-state index in [4.69, 9.17) is 0 Å². The van der Waals surface area contributed by atoms with E-state index in [1.807, 2.05) is 36.8 Å². The number of halogens is 1. The zero-order valence-corrected chi connectivity index (χ0v) is 20.7. The molecule has 38 heavy (non-hydrogen) atoms. The van der Waals surface area contributed by atoms with Crippen molar-refractivity contribution in [3.05, 3.63) is 84.7 Å². The lowest BCUT2D eigenvalue weighted by Gasteiger charge is -2.22. The van der Waals surface area contributed by atoms with Gasteiger partial charge in [0.25, 0.3) is 0 Å². The number of pyridine rings is 3. The maximum atomic E-state index is 13.9. The molecule has 1 aliphatic rings. The van der Waals surface area contributed by atoms with Gasteiger partial charge in [-0.3, -0.25) is 15.1 Å². The van der Waals surface area contributed by atoms with Crippen LogP contribution in [0.5, 0.6) is 0 Å². The minimum Gasteiger partial charge on any atom is -0.353 e. The Balaban J connectivity index is 1.26. The van der Waals surface area contributed by atoms with Gasteiger partial charge in [-0.2, -0.15) is 5.10 Å². The Bertz CT molecular complexity index is 1760. The summed E-state index contributed by atoms with van der Waals surface area (Å²) in [6.45, 7) is 2.18. The van der Waals surface area contributed by atoms with Crippen molar-refractivity contribution in [2.75, 3.05) is 13.1 Å². The number of nitrogens with one attached hydrogen (secondary N) is 3. The summed E-state index contributed by atoms with van der Waals surface area (Å²) in [5.41, 5.74) is 8.03. The molecule has 0 unspecified atom stereocenters. The number of piperidine rings is 1. The minimum atomic E-state index is -0.287. The van der Waals surface area contributed by atoms with E-state index in [0.29, 0.717) is 11.6 Å². The maximum absolute atomic E-state index is 13.9. The first-order valence-corrected chi connectivity index (χ1v) is 12.9. The van der Waals surface area contributed by atoms with Crippen molar-refractivity contribution < 1.29 is 4.39 Å². The molecule has 5 aromatic heterocycles. The topological polar surface area (TPSA) is 95.2 Å². The molecule has 1 aliphatic heterocycles. The SMILES string of the molecule is Fc1cccc(-c2nccc3[nH]c(-c4[nH]nc5ncc(-c6cncc(CC7CCNCC7)c6)cc45)cc23)c1. The minimum absolute atomic E-state index is 0.287. The molecule has 6 heterocycles. The summed E-state index contributed by atoms with van der Waals surface area (Å²) >= 11 is 0. The highest BCUT2D eigenvalue weighted by Crippen LogP contribution is 2.34. The van der Waals surface area contributed by atoms with Gasteiger partial charge < -0.3 is 10.3 Å². The number of fused-ring (bicyclic) bond motifs is 2. The first-order chi connectivity index (χ1) is 18.7. The third kappa shape index (κ3) is 4.22.